The molecule has 0 saturated carbocycles. The zero-order valence-electron chi connectivity index (χ0n) is 14.9. The minimum Gasteiger partial charge on any atom is -0.493 e. The molecular weight excluding hydrogens is 343 g/mol. The fraction of sp³-hybridized carbons (Fsp3) is 0.400. The zero-order valence-corrected chi connectivity index (χ0v) is 16.4. The highest BCUT2D eigenvalue weighted by Crippen LogP contribution is 2.24. The van der Waals surface area contributed by atoms with Gasteiger partial charge >= 0.3 is 0 Å². The summed E-state index contributed by atoms with van der Waals surface area (Å²) in [5.74, 6) is 1.69. The number of ether oxygens (including phenoxy) is 2. The molecule has 0 spiro atoms. The molecule has 24 heavy (non-hydrogen) atoms. The fourth-order valence-electron chi connectivity index (χ4n) is 2.03. The van der Waals surface area contributed by atoms with Crippen molar-refractivity contribution in [3.05, 3.63) is 57.6 Å². The lowest BCUT2D eigenvalue weighted by Gasteiger charge is -2.11. The third kappa shape index (κ3) is 7.02. The van der Waals surface area contributed by atoms with Crippen molar-refractivity contribution in [3.63, 3.8) is 0 Å². The molecule has 132 valence electrons. The van der Waals surface area contributed by atoms with Crippen molar-refractivity contribution < 1.29 is 9.47 Å². The van der Waals surface area contributed by atoms with Gasteiger partial charge in [0.05, 0.1) is 13.2 Å². The van der Waals surface area contributed by atoms with E-state index in [9.17, 15) is 0 Å². The van der Waals surface area contributed by atoms with E-state index in [1.807, 2.05) is 64.1 Å². The first-order chi connectivity index (χ1) is 11.6. The van der Waals surface area contributed by atoms with Crippen LogP contribution in [0.5, 0.6) is 11.5 Å². The zero-order chi connectivity index (χ0) is 17.9. The van der Waals surface area contributed by atoms with Crippen LogP contribution in [0.2, 0.25) is 10.0 Å². The summed E-state index contributed by atoms with van der Waals surface area (Å²) in [6.45, 7) is 9.32. The second-order valence-corrected chi connectivity index (χ2v) is 6.10. The lowest BCUT2D eigenvalue weighted by Crippen LogP contribution is -2.03. The Bertz CT molecular complexity index is 572. The summed E-state index contributed by atoms with van der Waals surface area (Å²) in [5.41, 5.74) is 2.19. The number of hydrogen-bond acceptors (Lipinski definition) is 2. The fourth-order valence-corrected chi connectivity index (χ4v) is 2.35. The summed E-state index contributed by atoms with van der Waals surface area (Å²) in [4.78, 5) is 0. The van der Waals surface area contributed by atoms with Gasteiger partial charge in [-0.15, -0.1) is 0 Å². The van der Waals surface area contributed by atoms with Gasteiger partial charge in [0.15, 0.2) is 0 Å². The molecule has 2 aromatic carbocycles. The topological polar surface area (TPSA) is 18.5 Å². The molecule has 2 rings (SSSR count). The van der Waals surface area contributed by atoms with Crippen molar-refractivity contribution in [2.45, 2.75) is 40.5 Å². The van der Waals surface area contributed by atoms with Crippen LogP contribution in [-0.2, 0) is 0 Å². The van der Waals surface area contributed by atoms with Crippen LogP contribution >= 0.6 is 23.2 Å². The minimum absolute atomic E-state index is 0.652. The average Bonchev–Trinajstić information content (AvgIpc) is 2.58. The molecule has 0 aliphatic rings. The van der Waals surface area contributed by atoms with Crippen LogP contribution in [0.15, 0.2) is 36.4 Å². The maximum Gasteiger partial charge on any atom is 0.123 e. The molecule has 2 aromatic rings. The van der Waals surface area contributed by atoms with Crippen molar-refractivity contribution in [3.8, 4) is 11.5 Å². The normalized spacial score (nSPS) is 9.92. The molecule has 0 unspecified atom stereocenters. The number of unbranched alkanes of at least 4 members (excludes halogenated alkanes) is 1. The van der Waals surface area contributed by atoms with E-state index in [1.54, 1.807) is 0 Å². The molecule has 0 aliphatic carbocycles. The molecule has 0 bridgehead atoms. The molecule has 0 atom stereocenters. The molecule has 0 N–H and O–H groups in total. The Morgan fingerprint density at radius 2 is 1.08 bits per heavy atom. The first-order valence-electron chi connectivity index (χ1n) is 8.34. The molecule has 0 amide bonds. The van der Waals surface area contributed by atoms with Gasteiger partial charge in [-0.05, 0) is 62.1 Å². The highest BCUT2D eigenvalue weighted by atomic mass is 35.5. The summed E-state index contributed by atoms with van der Waals surface area (Å²) in [5, 5.41) is 1.39. The molecule has 0 radical (unpaired) electrons. The summed E-state index contributed by atoms with van der Waals surface area (Å²) in [6.07, 6.45) is 1.84. The minimum atomic E-state index is 0.652. The lowest BCUT2D eigenvalue weighted by molar-refractivity contribution is 0.265. The van der Waals surface area contributed by atoms with Crippen molar-refractivity contribution in [2.24, 2.45) is 0 Å². The van der Waals surface area contributed by atoms with Crippen LogP contribution in [0, 0.1) is 13.8 Å². The number of halogens is 2. The van der Waals surface area contributed by atoms with Gasteiger partial charge in [0.2, 0.25) is 0 Å². The van der Waals surface area contributed by atoms with Gasteiger partial charge in [0.1, 0.15) is 11.5 Å². The number of aryl methyl sites for hydroxylation is 2. The van der Waals surface area contributed by atoms with E-state index >= 15 is 0 Å². The summed E-state index contributed by atoms with van der Waals surface area (Å²) in [6, 6.07) is 11.4. The second kappa shape index (κ2) is 11.2. The first-order valence-corrected chi connectivity index (χ1v) is 9.10. The van der Waals surface area contributed by atoms with E-state index in [-0.39, 0.29) is 0 Å². The Labute approximate surface area is 155 Å². The van der Waals surface area contributed by atoms with Crippen LogP contribution < -0.4 is 9.47 Å². The van der Waals surface area contributed by atoms with Gasteiger partial charge in [-0.1, -0.05) is 49.2 Å². The molecular formula is C20H26Cl2O2. The van der Waals surface area contributed by atoms with Crippen LogP contribution in [0.4, 0.5) is 0 Å². The van der Waals surface area contributed by atoms with Crippen LogP contribution in [0.1, 0.15) is 37.8 Å². The van der Waals surface area contributed by atoms with Crippen molar-refractivity contribution in [2.75, 3.05) is 13.2 Å². The molecule has 0 aliphatic heterocycles. The predicted molar refractivity (Wildman–Crippen MR) is 104 cm³/mol. The maximum atomic E-state index is 5.96. The van der Waals surface area contributed by atoms with Gasteiger partial charge in [0.25, 0.3) is 0 Å². The highest BCUT2D eigenvalue weighted by Gasteiger charge is 2.02. The SMILES string of the molecule is CC.Cc1ccc(Cl)cc1OCCCCOc1cc(Cl)ccc1C. The summed E-state index contributed by atoms with van der Waals surface area (Å²) in [7, 11) is 0. The molecule has 0 fully saturated rings. The Balaban J connectivity index is 0.00000139. The lowest BCUT2D eigenvalue weighted by atomic mass is 10.2. The monoisotopic (exact) mass is 368 g/mol. The second-order valence-electron chi connectivity index (χ2n) is 5.22. The maximum absolute atomic E-state index is 5.96. The summed E-state index contributed by atoms with van der Waals surface area (Å²) >= 11 is 11.9. The van der Waals surface area contributed by atoms with Gasteiger partial charge in [-0.25, -0.2) is 0 Å². The van der Waals surface area contributed by atoms with Gasteiger partial charge in [-0.2, -0.15) is 0 Å². The van der Waals surface area contributed by atoms with Crippen LogP contribution in [-0.4, -0.2) is 13.2 Å². The van der Waals surface area contributed by atoms with Crippen molar-refractivity contribution in [1.29, 1.82) is 0 Å². The largest absolute Gasteiger partial charge is 0.493 e. The number of benzene rings is 2. The predicted octanol–water partition coefficient (Wildman–Crippen LogP) is 6.87. The van der Waals surface area contributed by atoms with Gasteiger partial charge in [0, 0.05) is 10.0 Å². The Morgan fingerprint density at radius 3 is 1.46 bits per heavy atom. The molecule has 4 heteroatoms. The van der Waals surface area contributed by atoms with E-state index < -0.39 is 0 Å². The highest BCUT2D eigenvalue weighted by molar-refractivity contribution is 6.31. The standard InChI is InChI=1S/C18H20Cl2O2.C2H6/c1-13-5-7-15(19)11-17(13)21-9-3-4-10-22-18-12-16(20)8-6-14(18)2;1-2/h5-8,11-12H,3-4,9-10H2,1-2H3;1-2H3. The molecule has 0 heterocycles. The molecule has 0 saturated heterocycles. The van der Waals surface area contributed by atoms with E-state index in [2.05, 4.69) is 0 Å². The van der Waals surface area contributed by atoms with Crippen molar-refractivity contribution >= 4 is 23.2 Å². The van der Waals surface area contributed by atoms with Crippen LogP contribution in [0.25, 0.3) is 0 Å². The first kappa shape index (κ1) is 20.7. The quantitative estimate of drug-likeness (QED) is 0.496. The Morgan fingerprint density at radius 1 is 0.708 bits per heavy atom. The van der Waals surface area contributed by atoms with E-state index in [1.165, 1.54) is 0 Å². The Hall–Kier alpha value is -1.38. The van der Waals surface area contributed by atoms with Crippen molar-refractivity contribution in [1.82, 2.24) is 0 Å². The van der Waals surface area contributed by atoms with Gasteiger partial charge in [-0.3, -0.25) is 0 Å². The Kier molecular flexibility index (Phi) is 9.66. The van der Waals surface area contributed by atoms with Crippen LogP contribution in [0.3, 0.4) is 0 Å². The third-order valence-corrected chi connectivity index (χ3v) is 3.82. The molecule has 0 aromatic heterocycles. The molecule has 2 nitrogen and oxygen atoms in total. The van der Waals surface area contributed by atoms with E-state index in [0.29, 0.717) is 23.3 Å². The van der Waals surface area contributed by atoms with E-state index in [0.717, 1.165) is 35.5 Å². The smallest absolute Gasteiger partial charge is 0.123 e. The van der Waals surface area contributed by atoms with E-state index in [4.69, 9.17) is 32.7 Å². The summed E-state index contributed by atoms with van der Waals surface area (Å²) < 4.78 is 11.5. The number of hydrogen-bond donors (Lipinski definition) is 0. The average molecular weight is 369 g/mol. The number of rotatable bonds is 7. The van der Waals surface area contributed by atoms with Gasteiger partial charge < -0.3 is 9.47 Å². The third-order valence-electron chi connectivity index (χ3n) is 3.35.